The van der Waals surface area contributed by atoms with Gasteiger partial charge in [-0.05, 0) is 66.6 Å². The normalized spacial score (nSPS) is 10.8. The SMILES string of the molecule is CCNC(=S)N/N=C\c1cc(Br)c(OC(C)C)c(OC)c1. The molecular formula is C14H20BrN3O2S. The van der Waals surface area contributed by atoms with Gasteiger partial charge in [0.1, 0.15) is 0 Å². The Labute approximate surface area is 139 Å². The van der Waals surface area contributed by atoms with Crippen molar-refractivity contribution in [1.82, 2.24) is 10.7 Å². The highest BCUT2D eigenvalue weighted by atomic mass is 79.9. The van der Waals surface area contributed by atoms with Gasteiger partial charge >= 0.3 is 0 Å². The molecule has 0 aliphatic heterocycles. The molecule has 5 nitrogen and oxygen atoms in total. The highest BCUT2D eigenvalue weighted by molar-refractivity contribution is 9.10. The Morgan fingerprint density at radius 1 is 1.48 bits per heavy atom. The Morgan fingerprint density at radius 2 is 2.19 bits per heavy atom. The van der Waals surface area contributed by atoms with E-state index in [-0.39, 0.29) is 6.10 Å². The smallest absolute Gasteiger partial charge is 0.186 e. The summed E-state index contributed by atoms with van der Waals surface area (Å²) in [6, 6.07) is 3.76. The largest absolute Gasteiger partial charge is 0.493 e. The Balaban J connectivity index is 2.88. The number of thiocarbonyl (C=S) groups is 1. The van der Waals surface area contributed by atoms with Crippen LogP contribution in [0.2, 0.25) is 0 Å². The van der Waals surface area contributed by atoms with E-state index in [4.69, 9.17) is 21.7 Å². The molecule has 116 valence electrons. The van der Waals surface area contributed by atoms with Crippen molar-refractivity contribution < 1.29 is 9.47 Å². The van der Waals surface area contributed by atoms with Crippen LogP contribution in [0.1, 0.15) is 26.3 Å². The minimum atomic E-state index is 0.0638. The zero-order valence-corrected chi connectivity index (χ0v) is 15.0. The third-order valence-corrected chi connectivity index (χ3v) is 3.15. The van der Waals surface area contributed by atoms with Crippen molar-refractivity contribution in [2.45, 2.75) is 26.9 Å². The number of rotatable bonds is 6. The summed E-state index contributed by atoms with van der Waals surface area (Å²) in [7, 11) is 1.61. The molecule has 1 aromatic carbocycles. The van der Waals surface area contributed by atoms with E-state index in [1.54, 1.807) is 13.3 Å². The van der Waals surface area contributed by atoms with Gasteiger partial charge in [0.2, 0.25) is 0 Å². The standard InChI is InChI=1S/C14H20BrN3O2S/c1-5-16-14(21)18-17-8-10-6-11(15)13(20-9(2)3)12(7-10)19-4/h6-9H,5H2,1-4H3,(H2,16,18,21)/b17-8-. The molecule has 7 heteroatoms. The van der Waals surface area contributed by atoms with E-state index in [0.29, 0.717) is 16.6 Å². The maximum absolute atomic E-state index is 5.73. The number of hydrogen-bond donors (Lipinski definition) is 2. The number of methoxy groups -OCH3 is 1. The van der Waals surface area contributed by atoms with E-state index in [9.17, 15) is 0 Å². The van der Waals surface area contributed by atoms with Gasteiger partial charge in [0, 0.05) is 6.54 Å². The molecular weight excluding hydrogens is 354 g/mol. The molecule has 0 aromatic heterocycles. The zero-order valence-electron chi connectivity index (χ0n) is 12.6. The summed E-state index contributed by atoms with van der Waals surface area (Å²) < 4.78 is 11.9. The summed E-state index contributed by atoms with van der Waals surface area (Å²) in [6.07, 6.45) is 1.73. The monoisotopic (exact) mass is 373 g/mol. The number of nitrogens with one attached hydrogen (secondary N) is 2. The van der Waals surface area contributed by atoms with Gasteiger partial charge in [-0.2, -0.15) is 5.10 Å². The summed E-state index contributed by atoms with van der Waals surface area (Å²) in [5, 5.41) is 7.51. The summed E-state index contributed by atoms with van der Waals surface area (Å²) >= 11 is 8.51. The minimum Gasteiger partial charge on any atom is -0.493 e. The second kappa shape index (κ2) is 8.84. The fourth-order valence-electron chi connectivity index (χ4n) is 1.53. The van der Waals surface area contributed by atoms with Crippen LogP contribution in [0.25, 0.3) is 0 Å². The first-order valence-electron chi connectivity index (χ1n) is 6.59. The molecule has 0 heterocycles. The molecule has 1 aromatic rings. The molecule has 0 saturated heterocycles. The molecule has 1 rings (SSSR count). The van der Waals surface area contributed by atoms with E-state index in [0.717, 1.165) is 16.6 Å². The first-order valence-corrected chi connectivity index (χ1v) is 7.79. The van der Waals surface area contributed by atoms with Gasteiger partial charge in [0.25, 0.3) is 0 Å². The Bertz CT molecular complexity index is 521. The van der Waals surface area contributed by atoms with Gasteiger partial charge in [-0.15, -0.1) is 0 Å². The summed E-state index contributed by atoms with van der Waals surface area (Å²) in [6.45, 7) is 6.65. The van der Waals surface area contributed by atoms with Crippen molar-refractivity contribution in [3.63, 3.8) is 0 Å². The topological polar surface area (TPSA) is 54.9 Å². The van der Waals surface area contributed by atoms with E-state index >= 15 is 0 Å². The Hall–Kier alpha value is -1.34. The fourth-order valence-corrected chi connectivity index (χ4v) is 2.28. The molecule has 0 fully saturated rings. The summed E-state index contributed by atoms with van der Waals surface area (Å²) in [5.74, 6) is 1.33. The average Bonchev–Trinajstić information content (AvgIpc) is 2.41. The van der Waals surface area contributed by atoms with Gasteiger partial charge in [-0.25, -0.2) is 0 Å². The molecule has 0 unspecified atom stereocenters. The Kier molecular flexibility index (Phi) is 7.45. The van der Waals surface area contributed by atoms with Gasteiger partial charge in [-0.1, -0.05) is 0 Å². The van der Waals surface area contributed by atoms with E-state index in [1.807, 2.05) is 32.9 Å². The number of nitrogens with zero attached hydrogens (tertiary/aromatic N) is 1. The second-order valence-corrected chi connectivity index (χ2v) is 5.69. The van der Waals surface area contributed by atoms with Crippen LogP contribution in [0.3, 0.4) is 0 Å². The van der Waals surface area contributed by atoms with Crippen LogP contribution in [0, 0.1) is 0 Å². The second-order valence-electron chi connectivity index (χ2n) is 4.43. The minimum absolute atomic E-state index is 0.0638. The third kappa shape index (κ3) is 5.89. The lowest BCUT2D eigenvalue weighted by Gasteiger charge is -2.15. The van der Waals surface area contributed by atoms with Crippen molar-refractivity contribution in [2.24, 2.45) is 5.10 Å². The first kappa shape index (κ1) is 17.7. The first-order chi connectivity index (χ1) is 9.97. The van der Waals surface area contributed by atoms with Gasteiger partial charge < -0.3 is 14.8 Å². The van der Waals surface area contributed by atoms with Crippen LogP contribution in [0.5, 0.6) is 11.5 Å². The number of ether oxygens (including phenoxy) is 2. The molecule has 0 bridgehead atoms. The predicted octanol–water partition coefficient (Wildman–Crippen LogP) is 3.06. The quantitative estimate of drug-likeness (QED) is 0.455. The molecule has 0 aliphatic rings. The van der Waals surface area contributed by atoms with Crippen molar-refractivity contribution in [3.8, 4) is 11.5 Å². The fraction of sp³-hybridized carbons (Fsp3) is 0.429. The van der Waals surface area contributed by atoms with E-state index in [2.05, 4.69) is 31.8 Å². The molecule has 0 aliphatic carbocycles. The molecule has 0 atom stereocenters. The number of benzene rings is 1. The van der Waals surface area contributed by atoms with Crippen LogP contribution in [0.4, 0.5) is 0 Å². The lowest BCUT2D eigenvalue weighted by Crippen LogP contribution is -2.31. The predicted molar refractivity (Wildman–Crippen MR) is 93.5 cm³/mol. The van der Waals surface area contributed by atoms with Gasteiger partial charge in [0.15, 0.2) is 16.6 Å². The van der Waals surface area contributed by atoms with Crippen molar-refractivity contribution >= 4 is 39.5 Å². The summed E-state index contributed by atoms with van der Waals surface area (Å²) in [4.78, 5) is 0. The van der Waals surface area contributed by atoms with Crippen LogP contribution in [-0.4, -0.2) is 31.1 Å². The third-order valence-electron chi connectivity index (χ3n) is 2.32. The number of hydrogen-bond acceptors (Lipinski definition) is 4. The molecule has 21 heavy (non-hydrogen) atoms. The van der Waals surface area contributed by atoms with Gasteiger partial charge in [0.05, 0.1) is 23.9 Å². The molecule has 0 amide bonds. The van der Waals surface area contributed by atoms with Crippen molar-refractivity contribution in [1.29, 1.82) is 0 Å². The van der Waals surface area contributed by atoms with Crippen LogP contribution < -0.4 is 20.2 Å². The maximum Gasteiger partial charge on any atom is 0.186 e. The average molecular weight is 374 g/mol. The van der Waals surface area contributed by atoms with E-state index < -0.39 is 0 Å². The molecule has 2 N–H and O–H groups in total. The van der Waals surface area contributed by atoms with Crippen LogP contribution >= 0.6 is 28.1 Å². The molecule has 0 saturated carbocycles. The number of hydrazone groups is 1. The maximum atomic E-state index is 5.73. The van der Waals surface area contributed by atoms with Gasteiger partial charge in [-0.3, -0.25) is 5.43 Å². The lowest BCUT2D eigenvalue weighted by atomic mass is 10.2. The molecule has 0 radical (unpaired) electrons. The van der Waals surface area contributed by atoms with E-state index in [1.165, 1.54) is 0 Å². The zero-order chi connectivity index (χ0) is 15.8. The molecule has 0 spiro atoms. The van der Waals surface area contributed by atoms with Crippen LogP contribution in [0.15, 0.2) is 21.7 Å². The lowest BCUT2D eigenvalue weighted by molar-refractivity contribution is 0.228. The van der Waals surface area contributed by atoms with Crippen molar-refractivity contribution in [2.75, 3.05) is 13.7 Å². The Morgan fingerprint density at radius 3 is 2.76 bits per heavy atom. The highest BCUT2D eigenvalue weighted by Crippen LogP contribution is 2.36. The highest BCUT2D eigenvalue weighted by Gasteiger charge is 2.12. The number of halogens is 1. The van der Waals surface area contributed by atoms with Crippen LogP contribution in [-0.2, 0) is 0 Å². The summed E-state index contributed by atoms with van der Waals surface area (Å²) in [5.41, 5.74) is 3.60. The van der Waals surface area contributed by atoms with Crippen molar-refractivity contribution in [3.05, 3.63) is 22.2 Å².